The molecule has 2 aliphatic carbocycles. The molecule has 2 heterocycles. The first-order valence-electron chi connectivity index (χ1n) is 23.8. The Labute approximate surface area is 400 Å². The van der Waals surface area contributed by atoms with E-state index in [1.165, 1.54) is 66.1 Å². The van der Waals surface area contributed by atoms with Crippen LogP contribution in [0.2, 0.25) is 0 Å². The van der Waals surface area contributed by atoms with Crippen molar-refractivity contribution < 1.29 is 9.47 Å². The topological polar surface area (TPSA) is 24.9 Å². The molecule has 0 amide bonds. The number of hydrogen-bond donors (Lipinski definition) is 0. The Bertz CT molecular complexity index is 3740. The maximum Gasteiger partial charge on any atom is 0.152 e. The van der Waals surface area contributed by atoms with Gasteiger partial charge in [-0.1, -0.05) is 132 Å². The lowest BCUT2D eigenvalue weighted by atomic mass is 9.69. The van der Waals surface area contributed by atoms with Gasteiger partial charge in [0.05, 0.1) is 28.2 Å². The third kappa shape index (κ3) is 5.34. The van der Waals surface area contributed by atoms with E-state index in [9.17, 15) is 0 Å². The molecule has 11 aromatic rings. The van der Waals surface area contributed by atoms with Crippen molar-refractivity contribution >= 4 is 55.7 Å². The van der Waals surface area contributed by atoms with E-state index < -0.39 is 5.41 Å². The van der Waals surface area contributed by atoms with Crippen molar-refractivity contribution in [3.05, 3.63) is 252 Å². The van der Waals surface area contributed by atoms with Crippen LogP contribution in [-0.2, 0) is 5.41 Å². The third-order valence-corrected chi connectivity index (χ3v) is 15.1. The minimum Gasteiger partial charge on any atom is -0.453 e. The summed E-state index contributed by atoms with van der Waals surface area (Å²) in [6.45, 7) is 4.26. The Kier molecular flexibility index (Phi) is 7.81. The van der Waals surface area contributed by atoms with Crippen LogP contribution in [0, 0.1) is 13.8 Å². The highest BCUT2D eigenvalue weighted by atomic mass is 16.5. The van der Waals surface area contributed by atoms with Crippen molar-refractivity contribution in [2.24, 2.45) is 0 Å². The lowest BCUT2D eigenvalue weighted by Gasteiger charge is -2.33. The molecule has 1 spiro atoms. The van der Waals surface area contributed by atoms with Crippen molar-refractivity contribution in [3.63, 3.8) is 0 Å². The third-order valence-electron chi connectivity index (χ3n) is 15.1. The number of benzene rings is 11. The monoisotopic (exact) mass is 882 g/mol. The molecule has 11 aromatic carbocycles. The van der Waals surface area contributed by atoms with Crippen LogP contribution in [0.5, 0.6) is 23.0 Å². The molecule has 0 bridgehead atoms. The van der Waals surface area contributed by atoms with Crippen LogP contribution in [0.4, 0.5) is 34.1 Å². The summed E-state index contributed by atoms with van der Waals surface area (Å²) in [7, 11) is 0. The van der Waals surface area contributed by atoms with Crippen molar-refractivity contribution in [1.82, 2.24) is 0 Å². The SMILES string of the molecule is Cc1ccc(N2c3ccccc3Oc3cc(-c4cc5c6c(ccc7cc(-c8ccc9c(c8)Oc8ccccc8N9c8ccc(C)cc8)cc(c76)C56c5ccccc5-c5ccccc56)c4)ccc32)cc1. The smallest absolute Gasteiger partial charge is 0.152 e. The quantitative estimate of drug-likeness (QED) is 0.164. The van der Waals surface area contributed by atoms with E-state index in [2.05, 4.69) is 230 Å². The van der Waals surface area contributed by atoms with Crippen LogP contribution in [0.1, 0.15) is 33.4 Å². The van der Waals surface area contributed by atoms with Crippen molar-refractivity contribution in [1.29, 1.82) is 0 Å². The van der Waals surface area contributed by atoms with E-state index in [1.807, 2.05) is 12.1 Å². The zero-order valence-corrected chi connectivity index (χ0v) is 38.0. The van der Waals surface area contributed by atoms with E-state index in [0.29, 0.717) is 0 Å². The fourth-order valence-corrected chi connectivity index (χ4v) is 12.0. The number of hydrogen-bond acceptors (Lipinski definition) is 4. The van der Waals surface area contributed by atoms with Crippen molar-refractivity contribution in [3.8, 4) is 56.4 Å². The fraction of sp³-hybridized carbons (Fsp3) is 0.0462. The fourth-order valence-electron chi connectivity index (χ4n) is 12.0. The molecule has 0 saturated heterocycles. The normalized spacial score (nSPS) is 13.9. The molecule has 69 heavy (non-hydrogen) atoms. The maximum absolute atomic E-state index is 6.78. The predicted molar refractivity (Wildman–Crippen MR) is 282 cm³/mol. The van der Waals surface area contributed by atoms with Gasteiger partial charge < -0.3 is 19.3 Å². The summed E-state index contributed by atoms with van der Waals surface area (Å²) < 4.78 is 13.6. The van der Waals surface area contributed by atoms with E-state index in [0.717, 1.165) is 79.4 Å². The van der Waals surface area contributed by atoms with Crippen LogP contribution < -0.4 is 19.3 Å². The lowest BCUT2D eigenvalue weighted by molar-refractivity contribution is 0.477. The first-order chi connectivity index (χ1) is 34.0. The number of para-hydroxylation sites is 4. The Morgan fingerprint density at radius 2 is 0.725 bits per heavy atom. The highest BCUT2D eigenvalue weighted by Gasteiger charge is 2.51. The number of nitrogens with zero attached hydrogens (tertiary/aromatic N) is 2. The van der Waals surface area contributed by atoms with Crippen LogP contribution in [-0.4, -0.2) is 0 Å². The van der Waals surface area contributed by atoms with Gasteiger partial charge in [0.25, 0.3) is 0 Å². The van der Waals surface area contributed by atoms with Gasteiger partial charge in [-0.05, 0) is 188 Å². The van der Waals surface area contributed by atoms with E-state index in [4.69, 9.17) is 9.47 Å². The second-order valence-electron chi connectivity index (χ2n) is 19.0. The summed E-state index contributed by atoms with van der Waals surface area (Å²) >= 11 is 0. The number of aryl methyl sites for hydroxylation is 2. The molecule has 4 aliphatic rings. The molecular weight excluding hydrogens is 841 g/mol. The predicted octanol–water partition coefficient (Wildman–Crippen LogP) is 17.8. The van der Waals surface area contributed by atoms with E-state index >= 15 is 0 Å². The van der Waals surface area contributed by atoms with Gasteiger partial charge in [0.1, 0.15) is 0 Å². The molecule has 0 radical (unpaired) electrons. The molecule has 2 aliphatic heterocycles. The van der Waals surface area contributed by atoms with E-state index in [1.54, 1.807) is 0 Å². The van der Waals surface area contributed by atoms with Gasteiger partial charge >= 0.3 is 0 Å². The summed E-state index contributed by atoms with van der Waals surface area (Å²) in [6, 6.07) is 80.1. The molecule has 0 aromatic heterocycles. The molecule has 15 rings (SSSR count). The second kappa shape index (κ2) is 14.1. The second-order valence-corrected chi connectivity index (χ2v) is 19.0. The highest BCUT2D eigenvalue weighted by molar-refractivity contribution is 6.19. The minimum atomic E-state index is -0.558. The van der Waals surface area contributed by atoms with Crippen molar-refractivity contribution in [2.45, 2.75) is 19.3 Å². The molecule has 0 fully saturated rings. The van der Waals surface area contributed by atoms with Crippen LogP contribution >= 0.6 is 0 Å². The summed E-state index contributed by atoms with van der Waals surface area (Å²) in [5.41, 5.74) is 20.5. The summed E-state index contributed by atoms with van der Waals surface area (Å²) in [4.78, 5) is 4.63. The molecule has 0 saturated carbocycles. The molecule has 0 atom stereocenters. The van der Waals surface area contributed by atoms with Gasteiger partial charge in [0.2, 0.25) is 0 Å². The molecule has 0 unspecified atom stereocenters. The Morgan fingerprint density at radius 3 is 1.19 bits per heavy atom. The maximum atomic E-state index is 6.78. The lowest BCUT2D eigenvalue weighted by Crippen LogP contribution is -2.26. The standard InChI is InChI=1S/C65H42N2O2/c1-39-19-27-47(28-20-39)66-55-15-7-9-17-59(55)68-61-37-41(25-31-57(61)66)45-33-43-23-24-44-34-46(42-26-32-58-62(38-42)69-60-18-10-8-16-56(60)67(58)48-29-21-40(2)22-30-48)36-54-64(44)63(43)53(35-45)65(54)51-13-5-3-11-49(51)50-12-4-6-14-52(50)65/h3-38H,1-2H3. The summed E-state index contributed by atoms with van der Waals surface area (Å²) in [5.74, 6) is 3.34. The van der Waals surface area contributed by atoms with Gasteiger partial charge in [-0.2, -0.15) is 0 Å². The summed E-state index contributed by atoms with van der Waals surface area (Å²) in [6.07, 6.45) is 0. The summed E-state index contributed by atoms with van der Waals surface area (Å²) in [5, 5.41) is 5.09. The minimum absolute atomic E-state index is 0.558. The number of fused-ring (bicyclic) bond motifs is 11. The zero-order chi connectivity index (χ0) is 45.5. The molecule has 0 N–H and O–H groups in total. The highest BCUT2D eigenvalue weighted by Crippen LogP contribution is 2.64. The average Bonchev–Trinajstić information content (AvgIpc) is 3.87. The van der Waals surface area contributed by atoms with Crippen LogP contribution in [0.15, 0.2) is 218 Å². The molecule has 4 heteroatoms. The Hall–Kier alpha value is -8.86. The van der Waals surface area contributed by atoms with Gasteiger partial charge in [0, 0.05) is 11.4 Å². The largest absolute Gasteiger partial charge is 0.453 e. The van der Waals surface area contributed by atoms with Gasteiger partial charge in [-0.25, -0.2) is 0 Å². The van der Waals surface area contributed by atoms with Gasteiger partial charge in [-0.15, -0.1) is 0 Å². The number of rotatable bonds is 4. The van der Waals surface area contributed by atoms with Crippen molar-refractivity contribution in [2.75, 3.05) is 9.80 Å². The van der Waals surface area contributed by atoms with Gasteiger partial charge in [-0.3, -0.25) is 0 Å². The Morgan fingerprint density at radius 1 is 0.319 bits per heavy atom. The molecule has 324 valence electrons. The van der Waals surface area contributed by atoms with Crippen LogP contribution in [0.3, 0.4) is 0 Å². The van der Waals surface area contributed by atoms with Crippen LogP contribution in [0.25, 0.3) is 54.9 Å². The first-order valence-corrected chi connectivity index (χ1v) is 23.8. The average molecular weight is 883 g/mol. The number of ether oxygens (including phenoxy) is 2. The number of anilines is 6. The first kappa shape index (κ1) is 38.3. The molecule has 4 nitrogen and oxygen atoms in total. The van der Waals surface area contributed by atoms with E-state index in [-0.39, 0.29) is 0 Å². The van der Waals surface area contributed by atoms with Gasteiger partial charge in [0.15, 0.2) is 23.0 Å². The zero-order valence-electron chi connectivity index (χ0n) is 38.0. The Balaban J connectivity index is 0.922. The molecular formula is C65H42N2O2.